The first-order valence-electron chi connectivity index (χ1n) is 9.78. The van der Waals surface area contributed by atoms with Gasteiger partial charge in [-0.15, -0.1) is 0 Å². The van der Waals surface area contributed by atoms with Crippen LogP contribution in [0.15, 0.2) is 24.4 Å². The van der Waals surface area contributed by atoms with Gasteiger partial charge in [0.05, 0.1) is 0 Å². The van der Waals surface area contributed by atoms with Crippen molar-refractivity contribution < 1.29 is 19.4 Å². The van der Waals surface area contributed by atoms with Crippen LogP contribution in [0.1, 0.15) is 51.5 Å². The van der Waals surface area contributed by atoms with Gasteiger partial charge in [-0.25, -0.2) is 0 Å². The Bertz CT molecular complexity index is 754. The number of hydrogen-bond donors (Lipinski definition) is 2. The normalized spacial score (nSPS) is 11.2. The van der Waals surface area contributed by atoms with Crippen molar-refractivity contribution in [1.82, 2.24) is 9.88 Å². The third-order valence-electron chi connectivity index (χ3n) is 4.68. The second-order valence-electron chi connectivity index (χ2n) is 6.78. The number of carbonyl (C=O) groups is 2. The van der Waals surface area contributed by atoms with Crippen LogP contribution in [-0.4, -0.2) is 46.6 Å². The van der Waals surface area contributed by atoms with Gasteiger partial charge in [-0.1, -0.05) is 13.8 Å². The summed E-state index contributed by atoms with van der Waals surface area (Å²) in [6, 6.07) is 5.62. The molecule has 6 nitrogen and oxygen atoms in total. The van der Waals surface area contributed by atoms with Crippen LogP contribution >= 0.6 is 0 Å². The maximum atomic E-state index is 12.0. The highest BCUT2D eigenvalue weighted by atomic mass is 16.5. The predicted molar refractivity (Wildman–Crippen MR) is 106 cm³/mol. The van der Waals surface area contributed by atoms with Gasteiger partial charge in [0.15, 0.2) is 0 Å². The van der Waals surface area contributed by atoms with Gasteiger partial charge in [0.2, 0.25) is 0 Å². The Morgan fingerprint density at radius 1 is 1.15 bits per heavy atom. The fraction of sp³-hybridized carbons (Fsp3) is 0.524. The molecule has 0 fully saturated rings. The molecule has 2 aromatic rings. The average molecular weight is 374 g/mol. The zero-order valence-electron chi connectivity index (χ0n) is 16.3. The summed E-state index contributed by atoms with van der Waals surface area (Å²) in [4.78, 5) is 28.2. The number of carboxylic acid groups (broad SMARTS) is 1. The summed E-state index contributed by atoms with van der Waals surface area (Å²) in [6.45, 7) is 7.52. The number of carboxylic acids is 1. The molecule has 2 rings (SSSR count). The molecule has 6 heteroatoms. The van der Waals surface area contributed by atoms with Crippen LogP contribution in [0, 0.1) is 0 Å². The molecule has 0 saturated heterocycles. The summed E-state index contributed by atoms with van der Waals surface area (Å²) >= 11 is 0. The van der Waals surface area contributed by atoms with E-state index in [1.807, 2.05) is 18.3 Å². The summed E-state index contributed by atoms with van der Waals surface area (Å²) < 4.78 is 5.43. The first kappa shape index (κ1) is 21.0. The Kier molecular flexibility index (Phi) is 8.33. The van der Waals surface area contributed by atoms with Crippen LogP contribution in [-0.2, 0) is 16.0 Å². The summed E-state index contributed by atoms with van der Waals surface area (Å²) in [6.07, 6.45) is 5.44. The maximum absolute atomic E-state index is 12.0. The molecule has 0 aliphatic carbocycles. The van der Waals surface area contributed by atoms with Gasteiger partial charge in [-0.3, -0.25) is 9.59 Å². The third kappa shape index (κ3) is 6.71. The number of hydrogen-bond acceptors (Lipinski definition) is 4. The molecule has 0 bridgehead atoms. The molecule has 0 amide bonds. The van der Waals surface area contributed by atoms with E-state index in [9.17, 15) is 9.59 Å². The van der Waals surface area contributed by atoms with Gasteiger partial charge in [0.1, 0.15) is 5.75 Å². The number of H-pyrrole nitrogens is 1. The lowest BCUT2D eigenvalue weighted by atomic mass is 10.1. The van der Waals surface area contributed by atoms with Crippen LogP contribution in [0.3, 0.4) is 0 Å². The lowest BCUT2D eigenvalue weighted by Crippen LogP contribution is -2.26. The molecule has 148 valence electrons. The van der Waals surface area contributed by atoms with Crippen molar-refractivity contribution in [3.8, 4) is 5.75 Å². The minimum atomic E-state index is -0.839. The summed E-state index contributed by atoms with van der Waals surface area (Å²) in [5.74, 6) is -0.626. The number of nitrogens with zero attached hydrogens (tertiary/aromatic N) is 1. The quantitative estimate of drug-likeness (QED) is 0.333. The van der Waals surface area contributed by atoms with Gasteiger partial charge in [0.25, 0.3) is 0 Å². The minimum Gasteiger partial charge on any atom is -0.481 e. The number of aromatic amines is 1. The number of esters is 1. The fourth-order valence-electron chi connectivity index (χ4n) is 3.18. The Hall–Kier alpha value is -2.34. The lowest BCUT2D eigenvalue weighted by molar-refractivity contribution is -0.138. The van der Waals surface area contributed by atoms with Crippen molar-refractivity contribution in [2.75, 3.05) is 19.6 Å². The number of aliphatic carboxylic acids is 1. The maximum Gasteiger partial charge on any atom is 0.311 e. The first-order chi connectivity index (χ1) is 13.0. The van der Waals surface area contributed by atoms with E-state index in [1.54, 1.807) is 6.07 Å². The number of nitrogens with one attached hydrogen (secondary N) is 1. The number of rotatable bonds is 12. The molecule has 1 heterocycles. The van der Waals surface area contributed by atoms with E-state index in [1.165, 1.54) is 5.56 Å². The van der Waals surface area contributed by atoms with Crippen LogP contribution in [0.25, 0.3) is 10.9 Å². The highest BCUT2D eigenvalue weighted by Crippen LogP contribution is 2.25. The van der Waals surface area contributed by atoms with E-state index in [-0.39, 0.29) is 18.8 Å². The van der Waals surface area contributed by atoms with E-state index < -0.39 is 5.97 Å². The highest BCUT2D eigenvalue weighted by Gasteiger charge is 2.10. The van der Waals surface area contributed by atoms with Crippen molar-refractivity contribution in [1.29, 1.82) is 0 Å². The highest BCUT2D eigenvalue weighted by molar-refractivity contribution is 5.85. The summed E-state index contributed by atoms with van der Waals surface area (Å²) in [7, 11) is 0. The van der Waals surface area contributed by atoms with Crippen molar-refractivity contribution in [3.63, 3.8) is 0 Å². The number of benzene rings is 1. The van der Waals surface area contributed by atoms with Crippen molar-refractivity contribution in [3.05, 3.63) is 30.0 Å². The molecular weight excluding hydrogens is 344 g/mol. The number of unbranched alkanes of at least 4 members (excludes halogenated alkanes) is 1. The average Bonchev–Trinajstić information content (AvgIpc) is 3.04. The number of likely N-dealkylation sites (N-methyl/N-ethyl adjacent to an activating group) is 1. The first-order valence-corrected chi connectivity index (χ1v) is 9.78. The number of aromatic nitrogens is 1. The number of carbonyl (C=O) groups excluding carboxylic acids is 1. The van der Waals surface area contributed by atoms with Gasteiger partial charge < -0.3 is 19.7 Å². The topological polar surface area (TPSA) is 82.6 Å². The van der Waals surface area contributed by atoms with Crippen LogP contribution in [0.5, 0.6) is 5.75 Å². The summed E-state index contributed by atoms with van der Waals surface area (Å²) in [5, 5.41) is 9.70. The molecule has 27 heavy (non-hydrogen) atoms. The van der Waals surface area contributed by atoms with E-state index in [4.69, 9.17) is 9.84 Å². The van der Waals surface area contributed by atoms with Gasteiger partial charge in [-0.05, 0) is 62.5 Å². The van der Waals surface area contributed by atoms with E-state index in [0.717, 1.165) is 43.4 Å². The largest absolute Gasteiger partial charge is 0.481 e. The Morgan fingerprint density at radius 3 is 2.63 bits per heavy atom. The second kappa shape index (κ2) is 10.7. The lowest BCUT2D eigenvalue weighted by Gasteiger charge is -2.19. The predicted octanol–water partition coefficient (Wildman–Crippen LogP) is 3.99. The van der Waals surface area contributed by atoms with E-state index in [2.05, 4.69) is 23.7 Å². The van der Waals surface area contributed by atoms with E-state index in [0.29, 0.717) is 18.6 Å². The van der Waals surface area contributed by atoms with Gasteiger partial charge in [0, 0.05) is 36.5 Å². The molecule has 0 aliphatic heterocycles. The molecule has 0 saturated carbocycles. The molecule has 0 aliphatic rings. The molecular formula is C21H30N2O4. The monoisotopic (exact) mass is 374 g/mol. The molecule has 1 aromatic heterocycles. The second-order valence-corrected chi connectivity index (χ2v) is 6.78. The third-order valence-corrected chi connectivity index (χ3v) is 4.68. The summed E-state index contributed by atoms with van der Waals surface area (Å²) in [5.41, 5.74) is 2.25. The number of fused-ring (bicyclic) bond motifs is 1. The van der Waals surface area contributed by atoms with Crippen LogP contribution < -0.4 is 4.74 Å². The molecule has 2 N–H and O–H groups in total. The van der Waals surface area contributed by atoms with Crippen molar-refractivity contribution >= 4 is 22.8 Å². The molecule has 0 atom stereocenters. The standard InChI is InChI=1S/C21H30N2O4/c1-3-12-23(4-2)13-11-16-15-22-19-10-9-17(14-18(16)19)27-21(26)8-6-5-7-20(24)25/h9-10,14-15,22H,3-8,11-13H2,1-2H3,(H,24,25). The van der Waals surface area contributed by atoms with Crippen LogP contribution in [0.4, 0.5) is 0 Å². The van der Waals surface area contributed by atoms with Crippen LogP contribution in [0.2, 0.25) is 0 Å². The van der Waals surface area contributed by atoms with Crippen molar-refractivity contribution in [2.45, 2.75) is 52.4 Å². The number of ether oxygens (including phenoxy) is 1. The van der Waals surface area contributed by atoms with E-state index >= 15 is 0 Å². The minimum absolute atomic E-state index is 0.0821. The molecule has 1 aromatic carbocycles. The molecule has 0 unspecified atom stereocenters. The van der Waals surface area contributed by atoms with Gasteiger partial charge in [-0.2, -0.15) is 0 Å². The van der Waals surface area contributed by atoms with Gasteiger partial charge >= 0.3 is 11.9 Å². The molecule has 0 radical (unpaired) electrons. The fourth-order valence-corrected chi connectivity index (χ4v) is 3.18. The Labute approximate surface area is 160 Å². The zero-order chi connectivity index (χ0) is 19.6. The zero-order valence-corrected chi connectivity index (χ0v) is 16.3. The Morgan fingerprint density at radius 2 is 1.93 bits per heavy atom. The smallest absolute Gasteiger partial charge is 0.311 e. The SMILES string of the molecule is CCCN(CC)CCc1c[nH]c2ccc(OC(=O)CCCCC(=O)O)cc12. The Balaban J connectivity index is 1.95. The van der Waals surface area contributed by atoms with Crippen molar-refractivity contribution in [2.24, 2.45) is 0 Å². The molecule has 0 spiro atoms.